The average Bonchev–Trinajstić information content (AvgIpc) is 2.82. The Morgan fingerprint density at radius 1 is 1.53 bits per heavy atom. The molecule has 1 heterocycles. The number of nitrogens with two attached hydrogens (primary N) is 1. The van der Waals surface area contributed by atoms with Crippen LogP contribution in [0.15, 0.2) is 17.5 Å². The van der Waals surface area contributed by atoms with E-state index in [0.717, 1.165) is 13.1 Å². The highest BCUT2D eigenvalue weighted by Crippen LogP contribution is 2.47. The molecule has 1 saturated carbocycles. The molecule has 17 heavy (non-hydrogen) atoms. The molecular weight excluding hydrogens is 228 g/mol. The van der Waals surface area contributed by atoms with Gasteiger partial charge in [-0.15, -0.1) is 11.3 Å². The summed E-state index contributed by atoms with van der Waals surface area (Å²) in [6.45, 7) is 8.74. The second-order valence-electron chi connectivity index (χ2n) is 6.24. The molecular formula is C14H24N2S. The summed E-state index contributed by atoms with van der Waals surface area (Å²) < 4.78 is 0. The first-order valence-corrected chi connectivity index (χ1v) is 7.33. The molecule has 96 valence electrons. The van der Waals surface area contributed by atoms with Crippen molar-refractivity contribution < 1.29 is 0 Å². The van der Waals surface area contributed by atoms with Crippen LogP contribution < -0.4 is 11.1 Å². The Labute approximate surface area is 109 Å². The summed E-state index contributed by atoms with van der Waals surface area (Å²) in [7, 11) is 0. The van der Waals surface area contributed by atoms with E-state index < -0.39 is 0 Å². The van der Waals surface area contributed by atoms with E-state index in [2.05, 4.69) is 43.6 Å². The third-order valence-electron chi connectivity index (χ3n) is 4.16. The van der Waals surface area contributed by atoms with Gasteiger partial charge in [0.05, 0.1) is 0 Å². The first kappa shape index (κ1) is 13.1. The van der Waals surface area contributed by atoms with E-state index in [9.17, 15) is 0 Å². The summed E-state index contributed by atoms with van der Waals surface area (Å²) in [6, 6.07) is 4.30. The second kappa shape index (κ2) is 4.71. The maximum Gasteiger partial charge on any atom is 0.0338 e. The molecule has 0 aliphatic heterocycles. The van der Waals surface area contributed by atoms with Gasteiger partial charge in [0.2, 0.25) is 0 Å². The molecule has 1 aromatic heterocycles. The topological polar surface area (TPSA) is 38.0 Å². The van der Waals surface area contributed by atoms with Crippen LogP contribution in [0.4, 0.5) is 0 Å². The zero-order chi connectivity index (χ0) is 12.5. The molecule has 0 spiro atoms. The number of thiophene rings is 1. The second-order valence-corrected chi connectivity index (χ2v) is 7.27. The van der Waals surface area contributed by atoms with E-state index in [1.54, 1.807) is 0 Å². The van der Waals surface area contributed by atoms with Crippen LogP contribution in [0.25, 0.3) is 0 Å². The Morgan fingerprint density at radius 2 is 2.29 bits per heavy atom. The van der Waals surface area contributed by atoms with Gasteiger partial charge in [-0.25, -0.2) is 0 Å². The molecule has 1 aliphatic carbocycles. The van der Waals surface area contributed by atoms with Crippen molar-refractivity contribution in [3.8, 4) is 0 Å². The van der Waals surface area contributed by atoms with Gasteiger partial charge in [-0.2, -0.15) is 0 Å². The van der Waals surface area contributed by atoms with Gasteiger partial charge in [-0.1, -0.05) is 26.8 Å². The third-order valence-corrected chi connectivity index (χ3v) is 5.03. The lowest BCUT2D eigenvalue weighted by molar-refractivity contribution is 0.255. The fourth-order valence-electron chi connectivity index (χ4n) is 3.38. The van der Waals surface area contributed by atoms with Crippen LogP contribution in [0, 0.1) is 11.3 Å². The summed E-state index contributed by atoms with van der Waals surface area (Å²) in [5.41, 5.74) is 6.61. The fraction of sp³-hybridized carbons (Fsp3) is 0.714. The van der Waals surface area contributed by atoms with E-state index in [4.69, 9.17) is 5.73 Å². The van der Waals surface area contributed by atoms with Crippen LogP contribution in [0.2, 0.25) is 0 Å². The quantitative estimate of drug-likeness (QED) is 0.864. The van der Waals surface area contributed by atoms with Crippen LogP contribution >= 0.6 is 11.3 Å². The number of rotatable bonds is 4. The number of hydrogen-bond acceptors (Lipinski definition) is 3. The van der Waals surface area contributed by atoms with Crippen molar-refractivity contribution in [2.75, 3.05) is 6.54 Å². The van der Waals surface area contributed by atoms with Crippen LogP contribution in [0.1, 0.15) is 38.5 Å². The summed E-state index contributed by atoms with van der Waals surface area (Å²) in [4.78, 5) is 1.40. The minimum absolute atomic E-state index is 0.132. The standard InChI is InChI=1S/C14H24N2S/c1-11-7-13(2,3)9-14(11,10-15)16-8-12-5-4-6-17-12/h4-6,11,16H,7-10,15H2,1-3H3. The molecule has 2 rings (SSSR count). The Bertz CT molecular complexity index is 358. The predicted molar refractivity (Wildman–Crippen MR) is 75.1 cm³/mol. The van der Waals surface area contributed by atoms with E-state index in [1.165, 1.54) is 17.7 Å². The van der Waals surface area contributed by atoms with Gasteiger partial charge in [0, 0.05) is 23.5 Å². The summed E-state index contributed by atoms with van der Waals surface area (Å²) >= 11 is 1.81. The molecule has 1 aromatic rings. The average molecular weight is 252 g/mol. The van der Waals surface area contributed by atoms with Gasteiger partial charge in [0.15, 0.2) is 0 Å². The summed E-state index contributed by atoms with van der Waals surface area (Å²) in [5, 5.41) is 5.87. The maximum absolute atomic E-state index is 6.06. The highest BCUT2D eigenvalue weighted by molar-refractivity contribution is 7.09. The highest BCUT2D eigenvalue weighted by Gasteiger charge is 2.47. The molecule has 2 unspecified atom stereocenters. The van der Waals surface area contributed by atoms with E-state index >= 15 is 0 Å². The first-order chi connectivity index (χ1) is 7.97. The van der Waals surface area contributed by atoms with E-state index in [1.807, 2.05) is 11.3 Å². The van der Waals surface area contributed by atoms with Crippen LogP contribution in [0.5, 0.6) is 0 Å². The molecule has 1 aliphatic rings. The SMILES string of the molecule is CC1CC(C)(C)CC1(CN)NCc1cccs1. The van der Waals surface area contributed by atoms with Crippen molar-refractivity contribution in [3.05, 3.63) is 22.4 Å². The molecule has 0 radical (unpaired) electrons. The van der Waals surface area contributed by atoms with E-state index in [-0.39, 0.29) is 5.54 Å². The van der Waals surface area contributed by atoms with Gasteiger partial charge >= 0.3 is 0 Å². The normalized spacial score (nSPS) is 31.9. The van der Waals surface area contributed by atoms with Gasteiger partial charge < -0.3 is 11.1 Å². The molecule has 0 amide bonds. The number of nitrogens with one attached hydrogen (secondary N) is 1. The molecule has 1 fully saturated rings. The molecule has 0 bridgehead atoms. The fourth-order valence-corrected chi connectivity index (χ4v) is 4.03. The predicted octanol–water partition coefficient (Wildman–Crippen LogP) is 2.99. The minimum atomic E-state index is 0.132. The highest BCUT2D eigenvalue weighted by atomic mass is 32.1. The van der Waals surface area contributed by atoms with Crippen molar-refractivity contribution >= 4 is 11.3 Å². The smallest absolute Gasteiger partial charge is 0.0338 e. The van der Waals surface area contributed by atoms with E-state index in [0.29, 0.717) is 11.3 Å². The van der Waals surface area contributed by atoms with Gasteiger partial charge in [-0.3, -0.25) is 0 Å². The van der Waals surface area contributed by atoms with Crippen molar-refractivity contribution in [2.45, 2.75) is 45.7 Å². The molecule has 3 N–H and O–H groups in total. The van der Waals surface area contributed by atoms with Crippen molar-refractivity contribution in [2.24, 2.45) is 17.1 Å². The van der Waals surface area contributed by atoms with Crippen LogP contribution in [-0.4, -0.2) is 12.1 Å². The van der Waals surface area contributed by atoms with Crippen molar-refractivity contribution in [3.63, 3.8) is 0 Å². The molecule has 2 nitrogen and oxygen atoms in total. The molecule has 2 atom stereocenters. The largest absolute Gasteiger partial charge is 0.329 e. The van der Waals surface area contributed by atoms with Crippen LogP contribution in [-0.2, 0) is 6.54 Å². The van der Waals surface area contributed by atoms with Gasteiger partial charge in [0.25, 0.3) is 0 Å². The molecule has 0 saturated heterocycles. The van der Waals surface area contributed by atoms with Crippen LogP contribution in [0.3, 0.4) is 0 Å². The van der Waals surface area contributed by atoms with Gasteiger partial charge in [0.1, 0.15) is 0 Å². The first-order valence-electron chi connectivity index (χ1n) is 6.45. The Morgan fingerprint density at radius 3 is 2.76 bits per heavy atom. The lowest BCUT2D eigenvalue weighted by Crippen LogP contribution is -2.53. The Hall–Kier alpha value is -0.380. The zero-order valence-corrected chi connectivity index (χ0v) is 11.9. The third kappa shape index (κ3) is 2.72. The number of hydrogen-bond donors (Lipinski definition) is 2. The zero-order valence-electron chi connectivity index (χ0n) is 11.1. The Balaban J connectivity index is 2.05. The lowest BCUT2D eigenvalue weighted by atomic mass is 9.86. The van der Waals surface area contributed by atoms with Crippen molar-refractivity contribution in [1.29, 1.82) is 0 Å². The van der Waals surface area contributed by atoms with Gasteiger partial charge in [-0.05, 0) is 35.6 Å². The molecule has 3 heteroatoms. The maximum atomic E-state index is 6.06. The Kier molecular flexibility index (Phi) is 3.62. The lowest BCUT2D eigenvalue weighted by Gasteiger charge is -2.34. The monoisotopic (exact) mass is 252 g/mol. The summed E-state index contributed by atoms with van der Waals surface area (Å²) in [5.74, 6) is 0.655. The minimum Gasteiger partial charge on any atom is -0.329 e. The van der Waals surface area contributed by atoms with Crippen molar-refractivity contribution in [1.82, 2.24) is 5.32 Å². The molecule has 0 aromatic carbocycles. The summed E-state index contributed by atoms with van der Waals surface area (Å²) in [6.07, 6.45) is 2.45.